The van der Waals surface area contributed by atoms with E-state index in [1.807, 2.05) is 0 Å². The van der Waals surface area contributed by atoms with E-state index in [1.165, 1.54) is 12.1 Å². The van der Waals surface area contributed by atoms with E-state index in [-0.39, 0.29) is 10.7 Å². The van der Waals surface area contributed by atoms with Gasteiger partial charge >= 0.3 is 0 Å². The predicted molar refractivity (Wildman–Crippen MR) is 79.4 cm³/mol. The van der Waals surface area contributed by atoms with E-state index in [0.29, 0.717) is 17.3 Å². The molecule has 0 aromatic heterocycles. The zero-order valence-electron chi connectivity index (χ0n) is 10.9. The lowest BCUT2D eigenvalue weighted by Gasteiger charge is -2.18. The van der Waals surface area contributed by atoms with Gasteiger partial charge in [-0.15, -0.1) is 0 Å². The maximum Gasteiger partial charge on any atom is 0.293 e. The maximum atomic E-state index is 10.9. The SMILES string of the molecule is CCN(CC)CCNc1cc(Cl)c(Cl)cc1[N+](=O)[O-]. The van der Waals surface area contributed by atoms with Crippen LogP contribution in [0.2, 0.25) is 10.0 Å². The summed E-state index contributed by atoms with van der Waals surface area (Å²) in [5.74, 6) is 0. The van der Waals surface area contributed by atoms with Crippen LogP contribution in [0.4, 0.5) is 11.4 Å². The van der Waals surface area contributed by atoms with Crippen LogP contribution in [0, 0.1) is 10.1 Å². The summed E-state index contributed by atoms with van der Waals surface area (Å²) < 4.78 is 0. The first-order chi connectivity index (χ1) is 8.99. The molecule has 0 heterocycles. The second-order valence-electron chi connectivity index (χ2n) is 3.99. The second kappa shape index (κ2) is 7.53. The van der Waals surface area contributed by atoms with Gasteiger partial charge in [-0.25, -0.2) is 0 Å². The molecule has 0 amide bonds. The number of hydrogen-bond donors (Lipinski definition) is 1. The minimum atomic E-state index is -0.470. The summed E-state index contributed by atoms with van der Waals surface area (Å²) in [4.78, 5) is 12.7. The number of rotatable bonds is 7. The van der Waals surface area contributed by atoms with Gasteiger partial charge in [0, 0.05) is 19.2 Å². The minimum absolute atomic E-state index is 0.0612. The van der Waals surface area contributed by atoms with Crippen LogP contribution >= 0.6 is 23.2 Å². The Kier molecular flexibility index (Phi) is 6.34. The third kappa shape index (κ3) is 4.53. The molecule has 0 radical (unpaired) electrons. The van der Waals surface area contributed by atoms with Gasteiger partial charge in [0.25, 0.3) is 5.69 Å². The number of anilines is 1. The molecule has 0 aliphatic rings. The highest BCUT2D eigenvalue weighted by molar-refractivity contribution is 6.42. The zero-order chi connectivity index (χ0) is 14.4. The standard InChI is InChI=1S/C12H17Cl2N3O2/c1-3-16(4-2)6-5-15-11-7-9(13)10(14)8-12(11)17(18)19/h7-8,15H,3-6H2,1-2H3. The van der Waals surface area contributed by atoms with E-state index in [2.05, 4.69) is 24.1 Å². The Labute approximate surface area is 122 Å². The summed E-state index contributed by atoms with van der Waals surface area (Å²) in [6.45, 7) is 7.46. The first kappa shape index (κ1) is 16.0. The topological polar surface area (TPSA) is 58.4 Å². The highest BCUT2D eigenvalue weighted by atomic mass is 35.5. The summed E-state index contributed by atoms with van der Waals surface area (Å²) in [6, 6.07) is 2.76. The molecule has 0 bridgehead atoms. The van der Waals surface area contributed by atoms with Crippen molar-refractivity contribution in [3.05, 3.63) is 32.3 Å². The Morgan fingerprint density at radius 3 is 2.37 bits per heavy atom. The largest absolute Gasteiger partial charge is 0.378 e. The van der Waals surface area contributed by atoms with Gasteiger partial charge in [0.15, 0.2) is 0 Å². The van der Waals surface area contributed by atoms with Crippen LogP contribution in [-0.2, 0) is 0 Å². The van der Waals surface area contributed by atoms with Gasteiger partial charge in [0.05, 0.1) is 15.0 Å². The monoisotopic (exact) mass is 305 g/mol. The first-order valence-corrected chi connectivity index (χ1v) is 6.84. The molecule has 0 aliphatic heterocycles. The third-order valence-corrected chi connectivity index (χ3v) is 3.60. The molecule has 19 heavy (non-hydrogen) atoms. The molecule has 1 rings (SSSR count). The number of nitrogens with zero attached hydrogens (tertiary/aromatic N) is 2. The number of benzene rings is 1. The quantitative estimate of drug-likeness (QED) is 0.617. The summed E-state index contributed by atoms with van der Waals surface area (Å²) in [6.07, 6.45) is 0. The Morgan fingerprint density at radius 1 is 1.26 bits per heavy atom. The molecule has 0 unspecified atom stereocenters. The van der Waals surface area contributed by atoms with Crippen molar-refractivity contribution in [3.63, 3.8) is 0 Å². The molecule has 0 aliphatic carbocycles. The molecule has 1 aromatic carbocycles. The zero-order valence-corrected chi connectivity index (χ0v) is 12.5. The van der Waals surface area contributed by atoms with E-state index in [1.54, 1.807) is 0 Å². The van der Waals surface area contributed by atoms with Crippen LogP contribution in [0.3, 0.4) is 0 Å². The van der Waals surface area contributed by atoms with Crippen LogP contribution in [0.25, 0.3) is 0 Å². The number of nitro benzene ring substituents is 1. The fourth-order valence-corrected chi connectivity index (χ4v) is 2.04. The van der Waals surface area contributed by atoms with Crippen molar-refractivity contribution in [2.45, 2.75) is 13.8 Å². The Morgan fingerprint density at radius 2 is 1.84 bits per heavy atom. The normalized spacial score (nSPS) is 10.8. The molecule has 1 N–H and O–H groups in total. The molecule has 5 nitrogen and oxygen atoms in total. The van der Waals surface area contributed by atoms with Gasteiger partial charge in [-0.05, 0) is 19.2 Å². The summed E-state index contributed by atoms with van der Waals surface area (Å²) in [5, 5.41) is 14.5. The molecule has 7 heteroatoms. The van der Waals surface area contributed by atoms with Crippen LogP contribution in [0.5, 0.6) is 0 Å². The molecule has 0 fully saturated rings. The van der Waals surface area contributed by atoms with E-state index >= 15 is 0 Å². The van der Waals surface area contributed by atoms with Gasteiger partial charge < -0.3 is 10.2 Å². The second-order valence-corrected chi connectivity index (χ2v) is 4.81. The van der Waals surface area contributed by atoms with Crippen molar-refractivity contribution in [2.75, 3.05) is 31.5 Å². The predicted octanol–water partition coefficient (Wildman–Crippen LogP) is 3.66. The van der Waals surface area contributed by atoms with Gasteiger partial charge in [-0.3, -0.25) is 10.1 Å². The van der Waals surface area contributed by atoms with Crippen LogP contribution < -0.4 is 5.32 Å². The van der Waals surface area contributed by atoms with Crippen LogP contribution in [0.1, 0.15) is 13.8 Å². The van der Waals surface area contributed by atoms with Crippen molar-refractivity contribution in [1.29, 1.82) is 0 Å². The fourth-order valence-electron chi connectivity index (χ4n) is 1.72. The molecular weight excluding hydrogens is 289 g/mol. The molecule has 0 saturated heterocycles. The molecule has 1 aromatic rings. The summed E-state index contributed by atoms with van der Waals surface area (Å²) in [5.41, 5.74) is 0.334. The lowest BCUT2D eigenvalue weighted by molar-refractivity contribution is -0.383. The average molecular weight is 306 g/mol. The molecule has 0 saturated carbocycles. The molecular formula is C12H17Cl2N3O2. The first-order valence-electron chi connectivity index (χ1n) is 6.09. The van der Waals surface area contributed by atoms with Gasteiger partial charge in [-0.1, -0.05) is 37.0 Å². The van der Waals surface area contributed by atoms with E-state index in [0.717, 1.165) is 19.6 Å². The lowest BCUT2D eigenvalue weighted by atomic mass is 10.2. The fraction of sp³-hybridized carbons (Fsp3) is 0.500. The number of nitro groups is 1. The third-order valence-electron chi connectivity index (χ3n) is 2.87. The van der Waals surface area contributed by atoms with Crippen LogP contribution in [0.15, 0.2) is 12.1 Å². The number of nitrogens with one attached hydrogen (secondary N) is 1. The Balaban J connectivity index is 2.77. The lowest BCUT2D eigenvalue weighted by Crippen LogP contribution is -2.28. The van der Waals surface area contributed by atoms with E-state index < -0.39 is 4.92 Å². The highest BCUT2D eigenvalue weighted by Crippen LogP contribution is 2.33. The minimum Gasteiger partial charge on any atom is -0.378 e. The number of hydrogen-bond acceptors (Lipinski definition) is 4. The average Bonchev–Trinajstić information content (AvgIpc) is 2.38. The summed E-state index contributed by atoms with van der Waals surface area (Å²) >= 11 is 11.7. The molecule has 106 valence electrons. The number of likely N-dealkylation sites (N-methyl/N-ethyl adjacent to an activating group) is 1. The summed E-state index contributed by atoms with van der Waals surface area (Å²) in [7, 11) is 0. The van der Waals surface area contributed by atoms with Crippen molar-refractivity contribution < 1.29 is 4.92 Å². The van der Waals surface area contributed by atoms with Crippen molar-refractivity contribution in [2.24, 2.45) is 0 Å². The van der Waals surface area contributed by atoms with Crippen molar-refractivity contribution >= 4 is 34.6 Å². The number of halogens is 2. The van der Waals surface area contributed by atoms with Crippen LogP contribution in [-0.4, -0.2) is 36.0 Å². The van der Waals surface area contributed by atoms with E-state index in [9.17, 15) is 10.1 Å². The van der Waals surface area contributed by atoms with Crippen molar-refractivity contribution in [3.8, 4) is 0 Å². The Hall–Kier alpha value is -1.04. The Bertz CT molecular complexity index is 451. The van der Waals surface area contributed by atoms with E-state index in [4.69, 9.17) is 23.2 Å². The maximum absolute atomic E-state index is 10.9. The van der Waals surface area contributed by atoms with Gasteiger partial charge in [0.2, 0.25) is 0 Å². The molecule has 0 atom stereocenters. The molecule has 0 spiro atoms. The van der Waals surface area contributed by atoms with Gasteiger partial charge in [0.1, 0.15) is 5.69 Å². The van der Waals surface area contributed by atoms with Gasteiger partial charge in [-0.2, -0.15) is 0 Å². The van der Waals surface area contributed by atoms with Crippen molar-refractivity contribution in [1.82, 2.24) is 4.90 Å². The highest BCUT2D eigenvalue weighted by Gasteiger charge is 2.16. The smallest absolute Gasteiger partial charge is 0.293 e.